The second-order valence-electron chi connectivity index (χ2n) is 22.7. The number of quaternary nitrogens is 1. The number of carbonyl (C=O) groups is 2. The van der Waals surface area contributed by atoms with Crippen LogP contribution in [-0.2, 0) is 32.7 Å². The minimum atomic E-state index is -4.65. The second kappa shape index (κ2) is 60.3. The monoisotopic (exact) mass is 1140 g/mol. The Labute approximate surface area is 493 Å². The largest absolute Gasteiger partial charge is 0.756 e. The van der Waals surface area contributed by atoms with Crippen LogP contribution in [-0.4, -0.2) is 70.0 Å². The van der Waals surface area contributed by atoms with Gasteiger partial charge in [0.25, 0.3) is 7.82 Å². The molecule has 0 aliphatic heterocycles. The van der Waals surface area contributed by atoms with Crippen LogP contribution in [0, 0.1) is 0 Å². The van der Waals surface area contributed by atoms with Gasteiger partial charge in [-0.1, -0.05) is 271 Å². The third-order valence-electron chi connectivity index (χ3n) is 13.8. The van der Waals surface area contributed by atoms with Crippen molar-refractivity contribution in [3.05, 3.63) is 109 Å². The van der Waals surface area contributed by atoms with Crippen LogP contribution >= 0.6 is 7.82 Å². The van der Waals surface area contributed by atoms with Crippen molar-refractivity contribution in [3.8, 4) is 0 Å². The molecule has 0 aromatic rings. The summed E-state index contributed by atoms with van der Waals surface area (Å²) < 4.78 is 34.2. The topological polar surface area (TPSA) is 111 Å². The molecule has 0 aliphatic carbocycles. The number of hydrogen-bond donors (Lipinski definition) is 0. The molecule has 0 saturated carbocycles. The van der Waals surface area contributed by atoms with Gasteiger partial charge < -0.3 is 27.9 Å². The number of allylic oxidation sites excluding steroid dienone is 18. The van der Waals surface area contributed by atoms with E-state index in [1.807, 2.05) is 21.1 Å². The zero-order valence-electron chi connectivity index (χ0n) is 52.2. The van der Waals surface area contributed by atoms with Gasteiger partial charge in [0, 0.05) is 12.8 Å². The zero-order valence-corrected chi connectivity index (χ0v) is 53.1. The number of ether oxygens (including phenoxy) is 2. The van der Waals surface area contributed by atoms with E-state index in [4.69, 9.17) is 18.5 Å². The Kier molecular flexibility index (Phi) is 57.8. The molecular formula is C70H122NO8P. The van der Waals surface area contributed by atoms with E-state index in [2.05, 4.69) is 123 Å². The van der Waals surface area contributed by atoms with E-state index in [0.29, 0.717) is 17.4 Å². The Morgan fingerprint density at radius 1 is 0.388 bits per heavy atom. The first-order chi connectivity index (χ1) is 39.0. The fourth-order valence-electron chi connectivity index (χ4n) is 8.85. The molecule has 0 saturated heterocycles. The first-order valence-electron chi connectivity index (χ1n) is 32.6. The van der Waals surface area contributed by atoms with E-state index in [0.717, 1.165) is 109 Å². The van der Waals surface area contributed by atoms with E-state index in [1.165, 1.54) is 128 Å². The third-order valence-corrected chi connectivity index (χ3v) is 14.8. The zero-order chi connectivity index (χ0) is 58.4. The van der Waals surface area contributed by atoms with Crippen LogP contribution in [0.2, 0.25) is 0 Å². The lowest BCUT2D eigenvalue weighted by molar-refractivity contribution is -0.870. The summed E-state index contributed by atoms with van der Waals surface area (Å²) in [7, 11) is 1.15. The van der Waals surface area contributed by atoms with Crippen molar-refractivity contribution in [1.82, 2.24) is 0 Å². The van der Waals surface area contributed by atoms with Crippen LogP contribution in [0.4, 0.5) is 0 Å². The van der Waals surface area contributed by atoms with Crippen LogP contribution in [0.25, 0.3) is 0 Å². The van der Waals surface area contributed by atoms with Gasteiger partial charge in [0.15, 0.2) is 6.10 Å². The predicted molar refractivity (Wildman–Crippen MR) is 342 cm³/mol. The number of esters is 2. The van der Waals surface area contributed by atoms with Gasteiger partial charge in [0.05, 0.1) is 27.7 Å². The Hall–Kier alpha value is -3.33. The van der Waals surface area contributed by atoms with Gasteiger partial charge in [-0.05, 0) is 96.3 Å². The summed E-state index contributed by atoms with van der Waals surface area (Å²) in [6.07, 6.45) is 84.5. The molecule has 460 valence electrons. The van der Waals surface area contributed by atoms with Crippen molar-refractivity contribution >= 4 is 19.8 Å². The molecule has 9 nitrogen and oxygen atoms in total. The molecule has 0 radical (unpaired) electrons. The highest BCUT2D eigenvalue weighted by molar-refractivity contribution is 7.45. The highest BCUT2D eigenvalue weighted by Gasteiger charge is 2.22. The van der Waals surface area contributed by atoms with Crippen LogP contribution in [0.5, 0.6) is 0 Å². The van der Waals surface area contributed by atoms with Crippen molar-refractivity contribution in [3.63, 3.8) is 0 Å². The van der Waals surface area contributed by atoms with Gasteiger partial charge >= 0.3 is 11.9 Å². The van der Waals surface area contributed by atoms with Gasteiger partial charge in [0.1, 0.15) is 19.8 Å². The van der Waals surface area contributed by atoms with Crippen LogP contribution < -0.4 is 4.89 Å². The highest BCUT2D eigenvalue weighted by Crippen LogP contribution is 2.38. The maximum absolute atomic E-state index is 12.8. The Morgan fingerprint density at radius 2 is 0.675 bits per heavy atom. The fourth-order valence-corrected chi connectivity index (χ4v) is 9.58. The molecule has 0 bridgehead atoms. The maximum atomic E-state index is 12.8. The SMILES string of the molecule is CC/C=C\C/C=C\C/C=C\C/C=C\C/C=C\CCCCCCCC(=O)OC(COC(=O)CCCCCCCCCCCCCCCCCCCCCCCC/C=C\C/C=C\C/C=C\C/C=C\CC)COP(=O)([O-])OCC[N+](C)(C)C. The molecule has 0 heterocycles. The van der Waals surface area contributed by atoms with Crippen molar-refractivity contribution in [2.75, 3.05) is 47.5 Å². The first kappa shape index (κ1) is 76.7. The number of phosphoric ester groups is 1. The molecule has 0 aliphatic rings. The summed E-state index contributed by atoms with van der Waals surface area (Å²) in [5.74, 6) is -0.852. The van der Waals surface area contributed by atoms with E-state index < -0.39 is 26.5 Å². The fraction of sp³-hybridized carbons (Fsp3) is 0.714. The lowest BCUT2D eigenvalue weighted by atomic mass is 10.0. The van der Waals surface area contributed by atoms with E-state index >= 15 is 0 Å². The molecule has 10 heteroatoms. The smallest absolute Gasteiger partial charge is 0.306 e. The minimum absolute atomic E-state index is 0.0386. The van der Waals surface area contributed by atoms with E-state index in [-0.39, 0.29) is 32.0 Å². The average molecular weight is 1140 g/mol. The van der Waals surface area contributed by atoms with Crippen molar-refractivity contribution < 1.29 is 42.1 Å². The van der Waals surface area contributed by atoms with Gasteiger partial charge in [-0.25, -0.2) is 0 Å². The molecule has 0 fully saturated rings. The van der Waals surface area contributed by atoms with Crippen molar-refractivity contribution in [1.29, 1.82) is 0 Å². The lowest BCUT2D eigenvalue weighted by Crippen LogP contribution is -2.37. The molecule has 2 atom stereocenters. The van der Waals surface area contributed by atoms with Crippen LogP contribution in [0.3, 0.4) is 0 Å². The maximum Gasteiger partial charge on any atom is 0.306 e. The number of hydrogen-bond acceptors (Lipinski definition) is 8. The normalized spacial score (nSPS) is 13.9. The summed E-state index contributed by atoms with van der Waals surface area (Å²) in [5, 5.41) is 0. The Bertz CT molecular complexity index is 1720. The van der Waals surface area contributed by atoms with Gasteiger partial charge in [0.2, 0.25) is 0 Å². The molecule has 0 amide bonds. The highest BCUT2D eigenvalue weighted by atomic mass is 31.2. The summed E-state index contributed by atoms with van der Waals surface area (Å²) in [6, 6.07) is 0. The number of likely N-dealkylation sites (N-methyl/N-ethyl adjacent to an activating group) is 1. The van der Waals surface area contributed by atoms with Crippen LogP contribution in [0.1, 0.15) is 271 Å². The molecule has 2 unspecified atom stereocenters. The van der Waals surface area contributed by atoms with Gasteiger partial charge in [-0.3, -0.25) is 14.2 Å². The average Bonchev–Trinajstić information content (AvgIpc) is 3.42. The molecular weight excluding hydrogens is 1010 g/mol. The molecule has 80 heavy (non-hydrogen) atoms. The number of rotatable bonds is 59. The first-order valence-corrected chi connectivity index (χ1v) is 34.1. The minimum Gasteiger partial charge on any atom is -0.756 e. The summed E-state index contributed by atoms with van der Waals surface area (Å²) in [6.45, 7) is 4.00. The number of nitrogens with zero attached hydrogens (tertiary/aromatic N) is 1. The molecule has 0 N–H and O–H groups in total. The van der Waals surface area contributed by atoms with Gasteiger partial charge in [-0.15, -0.1) is 0 Å². The standard InChI is InChI=1S/C70H122NO8P/c1-6-8-10-12-14-16-18-20-22-24-26-28-29-30-31-32-33-34-35-36-37-38-39-40-41-43-44-46-48-50-52-54-56-58-60-62-69(72)76-66-68(67-78-80(74,75)77-65-64-71(3,4)5)79-70(73)63-61-59-57-55-53-51-49-47-45-42-27-25-23-21-19-17-15-13-11-9-7-2/h8-11,14-17,20-23,26-28,42,47,49,68H,6-7,12-13,18-19,24-25,29-41,43-46,48,50-67H2,1-5H3/b10-8-,11-9-,16-14-,17-15-,22-20-,23-21-,28-26-,42-27-,49-47-. The molecule has 0 aromatic heterocycles. The number of phosphoric acid groups is 1. The van der Waals surface area contributed by atoms with E-state index in [1.54, 1.807) is 0 Å². The Morgan fingerprint density at radius 3 is 1.00 bits per heavy atom. The summed E-state index contributed by atoms with van der Waals surface area (Å²) in [5.41, 5.74) is 0. The lowest BCUT2D eigenvalue weighted by Gasteiger charge is -2.28. The van der Waals surface area contributed by atoms with Gasteiger partial charge in [-0.2, -0.15) is 0 Å². The van der Waals surface area contributed by atoms with Crippen molar-refractivity contribution in [2.45, 2.75) is 277 Å². The second-order valence-corrected chi connectivity index (χ2v) is 24.1. The number of unbranched alkanes of at least 4 members (excludes halogenated alkanes) is 27. The van der Waals surface area contributed by atoms with E-state index in [9.17, 15) is 19.0 Å². The third kappa shape index (κ3) is 63.8. The molecule has 0 rings (SSSR count). The predicted octanol–water partition coefficient (Wildman–Crippen LogP) is 20.3. The summed E-state index contributed by atoms with van der Waals surface area (Å²) in [4.78, 5) is 38.0. The Balaban J connectivity index is 4.04. The molecule has 0 spiro atoms. The summed E-state index contributed by atoms with van der Waals surface area (Å²) >= 11 is 0. The van der Waals surface area contributed by atoms with Crippen molar-refractivity contribution in [2.24, 2.45) is 0 Å². The van der Waals surface area contributed by atoms with Crippen LogP contribution in [0.15, 0.2) is 109 Å². The quantitative estimate of drug-likeness (QED) is 0.0195. The number of carbonyl (C=O) groups excluding carboxylic acids is 2. The molecule has 0 aromatic carbocycles.